The number of pyridine rings is 2. The van der Waals surface area contributed by atoms with Crippen molar-refractivity contribution in [1.82, 2.24) is 60.5 Å². The number of primary sulfonamides is 2. The molecular weight excluding hydrogens is 1560 g/mol. The summed E-state index contributed by atoms with van der Waals surface area (Å²) < 4.78 is 68.0. The van der Waals surface area contributed by atoms with Crippen LogP contribution in [0.5, 0.6) is 0 Å². The standard InChI is InChI=1S/C19H15ClN6O.C15H14N6O4S2.C15H16N6O2S2.C15H13N5O4S2.C4H11N.3H2/c20-14-9-22-17-12-4-2-1-3-11(12)15(27)8-7-13-16(10-5-6-10)24-25-18(13)26(21)19(14)23-17;16-27(24,25)14-6-5-12(26-14)9-3-4-11(21(22)23)15(17-9)18-13-7-10(19-20-13)8-1-2-8;16-9-3-4-10(12-5-6-14(24-12)25(17,22)23)18-15(9)19-13-7-11(20-21-13)8-1-2-8;21-15(22)9-6-11(17-12-5-8(19-20-12)7-1-2-7)18-14(16-9)10-3-4-13(25-10)26(23)24;1-4(2,3)5;;;/h1-4,7-10,27H,5-6,21H2;3-8H,1-2H2,(H2,16,24,25)(H2,17,18,19,20);3-8H,1-2,16H2,(H2,17,22,23)(H2,18,19,20,21);3-7H,1-2H2,(H,21,22)(H,23,24)(H2,16,17,18,19,20);5H2,1-3H3;3*1H/p-1. The highest BCUT2D eigenvalue weighted by atomic mass is 35.5. The Balaban J connectivity index is 0.000000155. The number of nitrogens with two attached hydrogens (primary N) is 5. The highest BCUT2D eigenvalue weighted by molar-refractivity contribution is 7.91. The van der Waals surface area contributed by atoms with Crippen molar-refractivity contribution in [1.29, 1.82) is 0 Å². The largest absolute Gasteiger partial charge is 0.768 e. The summed E-state index contributed by atoms with van der Waals surface area (Å²) in [6.45, 7) is 5.90. The van der Waals surface area contributed by atoms with Gasteiger partial charge in [-0.1, -0.05) is 35.9 Å². The van der Waals surface area contributed by atoms with E-state index in [-0.39, 0.29) is 57.0 Å². The molecule has 11 aromatic rings. The number of thiophene rings is 3. The van der Waals surface area contributed by atoms with Crippen LogP contribution in [0, 0.1) is 16.0 Å². The lowest BCUT2D eigenvalue weighted by Gasteiger charge is -2.19. The van der Waals surface area contributed by atoms with Crippen LogP contribution >= 0.6 is 45.6 Å². The first-order valence-electron chi connectivity index (χ1n) is 33.5. The van der Waals surface area contributed by atoms with Crippen LogP contribution in [-0.2, 0) is 31.1 Å². The quantitative estimate of drug-likeness (QED) is 0.0164. The fourth-order valence-corrected chi connectivity index (χ4v) is 15.6. The van der Waals surface area contributed by atoms with Crippen molar-refractivity contribution in [3.8, 4) is 43.2 Å². The summed E-state index contributed by atoms with van der Waals surface area (Å²) in [5.74, 6) is 10.8. The Morgan fingerprint density at radius 1 is 0.664 bits per heavy atom. The number of nitro groups is 1. The van der Waals surface area contributed by atoms with Gasteiger partial charge >= 0.3 is 11.7 Å². The molecule has 1 aromatic carbocycles. The van der Waals surface area contributed by atoms with E-state index in [0.717, 1.165) is 101 Å². The van der Waals surface area contributed by atoms with Crippen LogP contribution in [0.15, 0.2) is 156 Å². The maximum atomic E-state index is 11.4. The van der Waals surface area contributed by atoms with Gasteiger partial charge in [-0.2, -0.15) is 20.4 Å². The molecule has 0 radical (unpaired) electrons. The van der Waals surface area contributed by atoms with Gasteiger partial charge in [-0.15, -0.1) is 39.1 Å². The molecule has 6 aliphatic rings. The number of anilines is 8. The average molecular weight is 1630 g/mol. The first-order valence-corrected chi connectivity index (χ1v) is 40.5. The molecule has 1 atom stereocenters. The Bertz CT molecular complexity index is 5760. The lowest BCUT2D eigenvalue weighted by Crippen LogP contribution is -2.40. The van der Waals surface area contributed by atoms with Gasteiger partial charge in [0.1, 0.15) is 25.0 Å². The number of aromatic nitrogens is 12. The molecule has 1 unspecified atom stereocenters. The molecule has 2 bridgehead atoms. The molecule has 4 aliphatic carbocycles. The number of hydrogen-bond donors (Lipinski definition) is 13. The fourth-order valence-electron chi connectivity index (χ4n) is 10.6. The molecule has 0 spiro atoms. The molecule has 0 saturated heterocycles. The number of aliphatic hydroxyl groups is 1. The Morgan fingerprint density at radius 3 is 1.69 bits per heavy atom. The monoisotopic (exact) mass is 1630 g/mol. The second-order valence-corrected chi connectivity index (χ2v) is 35.1. The number of nitrogens with zero attached hydrogens (tertiary/aromatic N) is 13. The van der Waals surface area contributed by atoms with E-state index in [2.05, 4.69) is 86.6 Å². The zero-order valence-electron chi connectivity index (χ0n) is 58.2. The maximum absolute atomic E-state index is 11.4. The summed E-state index contributed by atoms with van der Waals surface area (Å²) in [7, 11) is -7.54. The number of hydrogen-bond acceptors (Lipinski definition) is 31. The number of carboxylic acids is 1. The third kappa shape index (κ3) is 19.4. The number of sulfonamides is 2. The van der Waals surface area contributed by atoms with E-state index in [9.17, 15) is 50.7 Å². The van der Waals surface area contributed by atoms with E-state index >= 15 is 0 Å². The third-order valence-electron chi connectivity index (χ3n) is 16.5. The Labute approximate surface area is 650 Å². The molecule has 4 fully saturated rings. The average Bonchev–Trinajstić information content (AvgIpc) is 1.64. The van der Waals surface area contributed by atoms with Crippen molar-refractivity contribution in [2.45, 2.75) is 108 Å². The van der Waals surface area contributed by atoms with Gasteiger partial charge in [-0.3, -0.25) is 29.6 Å². The molecule has 10 aromatic heterocycles. The van der Waals surface area contributed by atoms with Crippen molar-refractivity contribution >= 4 is 152 Å². The highest BCUT2D eigenvalue weighted by Gasteiger charge is 2.37. The van der Waals surface area contributed by atoms with Gasteiger partial charge in [-0.05, 0) is 150 Å². The van der Waals surface area contributed by atoms with E-state index in [1.165, 1.54) is 60.4 Å². The predicted molar refractivity (Wildman–Crippen MR) is 426 cm³/mol. The third-order valence-corrected chi connectivity index (χ3v) is 23.9. The van der Waals surface area contributed by atoms with Crippen molar-refractivity contribution in [3.63, 3.8) is 0 Å². The highest BCUT2D eigenvalue weighted by Crippen LogP contribution is 2.44. The lowest BCUT2D eigenvalue weighted by molar-refractivity contribution is -0.384. The summed E-state index contributed by atoms with van der Waals surface area (Å²) in [5, 5.41) is 82.1. The van der Waals surface area contributed by atoms with Crippen LogP contribution in [-0.4, -0.2) is 124 Å². The van der Waals surface area contributed by atoms with Gasteiger partial charge in [0.25, 0.3) is 0 Å². The van der Waals surface area contributed by atoms with Crippen LogP contribution in [0.3, 0.4) is 0 Å². The number of hydrazine groups is 1. The second kappa shape index (κ2) is 31.9. The zero-order valence-corrected chi connectivity index (χ0v) is 63.8. The first-order chi connectivity index (χ1) is 52.3. The smallest absolute Gasteiger partial charge is 0.354 e. The van der Waals surface area contributed by atoms with Gasteiger partial charge < -0.3 is 42.2 Å². The van der Waals surface area contributed by atoms with Crippen LogP contribution in [0.1, 0.15) is 127 Å². The number of nitrogens with one attached hydrogen (secondary N) is 6. The SMILES string of the molecule is CC(C)(C)N.NN1C2=NN=C(C3CC3)C2=CC=C(O)c2ccccc2-c2ncc(Cl)c1n2.NS(=O)(=O)c1ccc(-c2ccc([N+](=O)[O-])c(Nc3cc(C4CC4)[nH]n3)n2)s1.Nc1ccc(-c2ccc(S(N)(=O)=O)s2)nc1Nc1cc(C2CC2)[nH]n1.O=C(O)c1cc(Nc2cc(C3CC3)[nH]n2)nc(-c2ccc(S(=O)[O-])s2)n1.[HH].[HH].[HH]. The van der Waals surface area contributed by atoms with Crippen LogP contribution in [0.4, 0.5) is 52.1 Å². The number of amidine groups is 1. The summed E-state index contributed by atoms with van der Waals surface area (Å²) in [5.41, 5.74) is 18.5. The number of aromatic carboxylic acids is 1. The number of fused-ring (bicyclic) bond motifs is 5. The Morgan fingerprint density at radius 2 is 1.18 bits per heavy atom. The maximum Gasteiger partial charge on any atom is 0.354 e. The first kappa shape index (κ1) is 77.2. The van der Waals surface area contributed by atoms with Crippen LogP contribution in [0.2, 0.25) is 5.02 Å². The predicted octanol–water partition coefficient (Wildman–Crippen LogP) is 12.6. The molecule has 2 aliphatic heterocycles. The number of aromatic amines is 3. The van der Waals surface area contributed by atoms with Crippen molar-refractivity contribution in [2.75, 3.05) is 26.7 Å². The van der Waals surface area contributed by atoms with Crippen molar-refractivity contribution in [3.05, 3.63) is 177 Å². The summed E-state index contributed by atoms with van der Waals surface area (Å²) in [6.07, 6.45) is 13.9. The minimum absolute atomic E-state index is 0. The molecule has 0 amide bonds. The number of carboxylic acid groups (broad SMARTS) is 1. The van der Waals surface area contributed by atoms with E-state index in [4.69, 9.17) is 39.2 Å². The molecule has 4 saturated carbocycles. The summed E-state index contributed by atoms with van der Waals surface area (Å²) in [4.78, 5) is 49.7. The van der Waals surface area contributed by atoms with Gasteiger partial charge in [0.05, 0.1) is 52.7 Å². The number of rotatable bonds is 18. The van der Waals surface area contributed by atoms with Gasteiger partial charge in [0.2, 0.25) is 25.9 Å². The number of allylic oxidation sites excluding steroid dienone is 2. The number of nitrogen functional groups attached to an aromatic ring is 1. The van der Waals surface area contributed by atoms with Crippen molar-refractivity contribution < 1.29 is 49.8 Å². The molecular formula is C68H74ClN24O11S6-. The molecule has 42 heteroatoms. The Hall–Kier alpha value is -11.0. The molecule has 18 N–H and O–H groups in total. The van der Waals surface area contributed by atoms with E-state index < -0.39 is 42.0 Å². The zero-order chi connectivity index (χ0) is 78.1. The second-order valence-electron chi connectivity index (χ2n) is 26.7. The van der Waals surface area contributed by atoms with Crippen LogP contribution in [0.25, 0.3) is 49.0 Å². The van der Waals surface area contributed by atoms with E-state index in [1.54, 1.807) is 48.6 Å². The fraction of sp³-hybridized carbons (Fsp3) is 0.235. The topological polar surface area (TPSA) is 567 Å². The van der Waals surface area contributed by atoms with Gasteiger partial charge in [0.15, 0.2) is 52.3 Å². The molecule has 576 valence electrons. The number of H-pyrrole nitrogens is 3. The molecule has 110 heavy (non-hydrogen) atoms. The van der Waals surface area contributed by atoms with E-state index in [1.807, 2.05) is 57.2 Å². The number of benzene rings is 1. The minimum atomic E-state index is -3.82. The summed E-state index contributed by atoms with van der Waals surface area (Å²) >= 11 is 6.93. The van der Waals surface area contributed by atoms with Crippen LogP contribution < -0.4 is 48.5 Å². The van der Waals surface area contributed by atoms with Gasteiger partial charge in [0, 0.05) is 97.6 Å². The molecule has 35 nitrogen and oxygen atoms in total. The van der Waals surface area contributed by atoms with Gasteiger partial charge in [-0.25, -0.2) is 72.7 Å². The van der Waals surface area contributed by atoms with E-state index in [0.29, 0.717) is 112 Å². The number of aliphatic hydroxyl groups excluding tert-OH is 1. The Kier molecular flexibility index (Phi) is 22.4. The minimum Gasteiger partial charge on any atom is -0.768 e. The molecule has 12 heterocycles. The normalized spacial score (nSPS) is 15.4. The summed E-state index contributed by atoms with van der Waals surface area (Å²) in [6, 6.07) is 29.6. The lowest BCUT2D eigenvalue weighted by atomic mass is 10.0. The number of halogens is 1. The molecule has 17 rings (SSSR count). The van der Waals surface area contributed by atoms with Crippen molar-refractivity contribution in [2.24, 2.45) is 38.0 Å². The number of carbonyl (C=O) groups is 1.